The lowest BCUT2D eigenvalue weighted by Crippen LogP contribution is -2.48. The van der Waals surface area contributed by atoms with Gasteiger partial charge in [0.2, 0.25) is 5.91 Å². The van der Waals surface area contributed by atoms with Crippen LogP contribution in [0.1, 0.15) is 26.3 Å². The minimum Gasteiger partial charge on any atom is -0.323 e. The Kier molecular flexibility index (Phi) is 6.13. The maximum absolute atomic E-state index is 13.3. The summed E-state index contributed by atoms with van der Waals surface area (Å²) in [6.07, 6.45) is -0.0551. The molecule has 33 heavy (non-hydrogen) atoms. The van der Waals surface area contributed by atoms with Crippen LogP contribution in [0.4, 0.5) is 11.4 Å². The average Bonchev–Trinajstić information content (AvgIpc) is 3.04. The number of rotatable bonds is 6. The molecule has 0 bridgehead atoms. The van der Waals surface area contributed by atoms with Crippen molar-refractivity contribution >= 4 is 52.3 Å². The van der Waals surface area contributed by atoms with E-state index in [1.165, 1.54) is 54.6 Å². The number of imide groups is 1. The number of fused-ring (bicyclic) bond motifs is 1. The molecule has 0 unspecified atom stereocenters. The van der Waals surface area contributed by atoms with Crippen LogP contribution < -0.4 is 5.32 Å². The summed E-state index contributed by atoms with van der Waals surface area (Å²) in [7, 11) is 0. The highest BCUT2D eigenvalue weighted by Gasteiger charge is 2.42. The molecule has 0 spiro atoms. The van der Waals surface area contributed by atoms with Crippen molar-refractivity contribution in [1.82, 2.24) is 4.90 Å². The van der Waals surface area contributed by atoms with Crippen molar-refractivity contribution in [2.45, 2.75) is 12.5 Å². The number of halogens is 2. The Labute approximate surface area is 197 Å². The first-order valence-corrected chi connectivity index (χ1v) is 10.5. The zero-order valence-electron chi connectivity index (χ0n) is 16.8. The Balaban J connectivity index is 1.69. The minimum atomic E-state index is -1.23. The molecule has 8 nitrogen and oxygen atoms in total. The summed E-state index contributed by atoms with van der Waals surface area (Å²) >= 11 is 12.1. The molecule has 10 heteroatoms. The van der Waals surface area contributed by atoms with Gasteiger partial charge < -0.3 is 5.32 Å². The maximum atomic E-state index is 13.3. The number of benzene rings is 3. The van der Waals surface area contributed by atoms with E-state index in [1.54, 1.807) is 12.1 Å². The van der Waals surface area contributed by atoms with Crippen molar-refractivity contribution < 1.29 is 19.3 Å². The van der Waals surface area contributed by atoms with E-state index in [-0.39, 0.29) is 33.9 Å². The Morgan fingerprint density at radius 3 is 2.12 bits per heavy atom. The van der Waals surface area contributed by atoms with Gasteiger partial charge in [-0.25, -0.2) is 0 Å². The highest BCUT2D eigenvalue weighted by Crippen LogP contribution is 2.29. The number of hydrogen-bond acceptors (Lipinski definition) is 5. The van der Waals surface area contributed by atoms with Gasteiger partial charge in [0, 0.05) is 23.6 Å². The van der Waals surface area contributed by atoms with E-state index >= 15 is 0 Å². The van der Waals surface area contributed by atoms with Gasteiger partial charge >= 0.3 is 0 Å². The summed E-state index contributed by atoms with van der Waals surface area (Å²) in [6.45, 7) is 0. The molecule has 0 aromatic heterocycles. The highest BCUT2D eigenvalue weighted by atomic mass is 35.5. The van der Waals surface area contributed by atoms with Gasteiger partial charge in [-0.1, -0.05) is 47.5 Å². The third kappa shape index (κ3) is 4.44. The van der Waals surface area contributed by atoms with Crippen LogP contribution in [0.15, 0.2) is 66.7 Å². The molecule has 0 aliphatic carbocycles. The molecule has 0 fully saturated rings. The minimum absolute atomic E-state index is 0.0551. The summed E-state index contributed by atoms with van der Waals surface area (Å²) in [5.41, 5.74) is 1.08. The molecule has 1 atom stereocenters. The van der Waals surface area contributed by atoms with E-state index in [2.05, 4.69) is 5.32 Å². The molecular weight excluding hydrogens is 469 g/mol. The summed E-state index contributed by atoms with van der Waals surface area (Å²) < 4.78 is 0. The fraction of sp³-hybridized carbons (Fsp3) is 0.0870. The molecule has 0 radical (unpaired) electrons. The van der Waals surface area contributed by atoms with E-state index in [9.17, 15) is 24.5 Å². The predicted octanol–water partition coefficient (Wildman–Crippen LogP) is 4.75. The van der Waals surface area contributed by atoms with E-state index in [0.717, 1.165) is 4.90 Å². The molecular formula is C23H15Cl2N3O5. The molecule has 0 saturated heterocycles. The molecule has 4 rings (SSSR count). The number of non-ortho nitro benzene ring substituents is 1. The Morgan fingerprint density at radius 2 is 1.58 bits per heavy atom. The number of nitrogens with zero attached hydrogens (tertiary/aromatic N) is 2. The first-order chi connectivity index (χ1) is 15.8. The van der Waals surface area contributed by atoms with Crippen LogP contribution in [-0.2, 0) is 11.2 Å². The second-order valence-corrected chi connectivity index (χ2v) is 8.13. The molecule has 0 saturated carbocycles. The van der Waals surface area contributed by atoms with Crippen molar-refractivity contribution in [1.29, 1.82) is 0 Å². The predicted molar refractivity (Wildman–Crippen MR) is 123 cm³/mol. The van der Waals surface area contributed by atoms with Gasteiger partial charge in [-0.2, -0.15) is 0 Å². The number of hydrogen-bond donors (Lipinski definition) is 1. The van der Waals surface area contributed by atoms with Crippen LogP contribution in [0.25, 0.3) is 0 Å². The monoisotopic (exact) mass is 483 g/mol. The van der Waals surface area contributed by atoms with Gasteiger partial charge in [-0.3, -0.25) is 29.4 Å². The van der Waals surface area contributed by atoms with Crippen LogP contribution in [-0.4, -0.2) is 33.6 Å². The average molecular weight is 484 g/mol. The lowest BCUT2D eigenvalue weighted by Gasteiger charge is -2.25. The first-order valence-electron chi connectivity index (χ1n) is 9.72. The molecule has 3 aromatic rings. The van der Waals surface area contributed by atoms with Crippen molar-refractivity contribution in [3.05, 3.63) is 104 Å². The molecule has 3 aromatic carbocycles. The molecule has 1 aliphatic heterocycles. The van der Waals surface area contributed by atoms with Crippen LogP contribution in [0.2, 0.25) is 10.0 Å². The van der Waals surface area contributed by atoms with E-state index in [4.69, 9.17) is 23.2 Å². The van der Waals surface area contributed by atoms with E-state index in [0.29, 0.717) is 10.6 Å². The first kappa shape index (κ1) is 22.4. The van der Waals surface area contributed by atoms with E-state index < -0.39 is 28.7 Å². The Bertz CT molecular complexity index is 1260. The van der Waals surface area contributed by atoms with Crippen molar-refractivity contribution in [3.63, 3.8) is 0 Å². The van der Waals surface area contributed by atoms with Gasteiger partial charge in [0.15, 0.2) is 0 Å². The molecule has 166 valence electrons. The third-order valence-corrected chi connectivity index (χ3v) is 5.75. The number of nitro groups is 1. The summed E-state index contributed by atoms with van der Waals surface area (Å²) in [5, 5.41) is 14.2. The number of anilines is 1. The van der Waals surface area contributed by atoms with Crippen LogP contribution in [0.5, 0.6) is 0 Å². The second-order valence-electron chi connectivity index (χ2n) is 7.28. The van der Waals surface area contributed by atoms with Crippen molar-refractivity contribution in [2.24, 2.45) is 0 Å². The summed E-state index contributed by atoms with van der Waals surface area (Å²) in [4.78, 5) is 50.7. The van der Waals surface area contributed by atoms with Gasteiger partial charge in [0.25, 0.3) is 17.5 Å². The number of nitro benzene ring substituents is 1. The zero-order chi connectivity index (χ0) is 23.7. The lowest BCUT2D eigenvalue weighted by molar-refractivity contribution is -0.384. The number of carbonyl (C=O) groups excluding carboxylic acids is 3. The number of nitrogens with one attached hydrogen (secondary N) is 1. The van der Waals surface area contributed by atoms with Gasteiger partial charge in [0.05, 0.1) is 26.8 Å². The molecule has 3 amide bonds. The maximum Gasteiger partial charge on any atom is 0.269 e. The SMILES string of the molecule is O=C(Nc1ccc(Cl)cc1Cl)[C@H](Cc1ccc([N+](=O)[O-])cc1)N1C(=O)c2ccccc2C1=O. The van der Waals surface area contributed by atoms with Gasteiger partial charge in [-0.05, 0) is 35.9 Å². The quantitative estimate of drug-likeness (QED) is 0.309. The Morgan fingerprint density at radius 1 is 0.970 bits per heavy atom. The van der Waals surface area contributed by atoms with E-state index in [1.807, 2.05) is 0 Å². The zero-order valence-corrected chi connectivity index (χ0v) is 18.3. The molecule has 1 aliphatic rings. The standard InChI is InChI=1S/C23H15Cl2N3O5/c24-14-7-10-19(18(25)12-14)26-21(29)20(11-13-5-8-15(9-6-13)28(32)33)27-22(30)16-3-1-2-4-17(16)23(27)31/h1-10,12,20H,11H2,(H,26,29)/t20-/m0/s1. The summed E-state index contributed by atoms with van der Waals surface area (Å²) in [6, 6.07) is 15.1. The van der Waals surface area contributed by atoms with Crippen LogP contribution in [0, 0.1) is 10.1 Å². The van der Waals surface area contributed by atoms with Crippen molar-refractivity contribution in [3.8, 4) is 0 Å². The van der Waals surface area contributed by atoms with Gasteiger partial charge in [-0.15, -0.1) is 0 Å². The fourth-order valence-corrected chi connectivity index (χ4v) is 4.03. The summed E-state index contributed by atoms with van der Waals surface area (Å²) in [5.74, 6) is -1.84. The number of amides is 3. The fourth-order valence-electron chi connectivity index (χ4n) is 3.58. The number of carbonyl (C=O) groups is 3. The second kappa shape index (κ2) is 9.01. The lowest BCUT2D eigenvalue weighted by atomic mass is 10.0. The molecule has 1 N–H and O–H groups in total. The highest BCUT2D eigenvalue weighted by molar-refractivity contribution is 6.36. The normalized spacial score (nSPS) is 13.6. The topological polar surface area (TPSA) is 110 Å². The van der Waals surface area contributed by atoms with Crippen LogP contribution in [0.3, 0.4) is 0 Å². The Hall–Kier alpha value is -3.75. The van der Waals surface area contributed by atoms with Gasteiger partial charge in [0.1, 0.15) is 6.04 Å². The van der Waals surface area contributed by atoms with Crippen LogP contribution >= 0.6 is 23.2 Å². The largest absolute Gasteiger partial charge is 0.323 e. The van der Waals surface area contributed by atoms with Crippen molar-refractivity contribution in [2.75, 3.05) is 5.32 Å². The third-order valence-electron chi connectivity index (χ3n) is 5.21. The smallest absolute Gasteiger partial charge is 0.269 e. The molecule has 1 heterocycles.